The van der Waals surface area contributed by atoms with Gasteiger partial charge in [0.05, 0.1) is 0 Å². The first kappa shape index (κ1) is 49.5. The number of guanidine groups is 2. The molecule has 16 heteroatoms. The Morgan fingerprint density at radius 1 is 0.556 bits per heavy atom. The summed E-state index contributed by atoms with van der Waals surface area (Å²) in [7, 11) is 0. The summed E-state index contributed by atoms with van der Waals surface area (Å²) in [5.74, 6) is -0.175. The summed E-state index contributed by atoms with van der Waals surface area (Å²) in [5.41, 5.74) is 4.14. The summed E-state index contributed by atoms with van der Waals surface area (Å²) in [6.07, 6.45) is 2.08. The van der Waals surface area contributed by atoms with Crippen molar-refractivity contribution in [3.63, 3.8) is 0 Å². The van der Waals surface area contributed by atoms with Gasteiger partial charge < -0.3 is 34.1 Å². The number of aryl methyl sites for hydroxylation is 2. The maximum absolute atomic E-state index is 13.5. The van der Waals surface area contributed by atoms with E-state index < -0.39 is 46.8 Å². The zero-order valence-electron chi connectivity index (χ0n) is 39.3. The lowest BCUT2D eigenvalue weighted by atomic mass is 9.94. The Kier molecular flexibility index (Phi) is 15.6. The average molecular weight is 872 g/mol. The highest BCUT2D eigenvalue weighted by atomic mass is 16.6. The SMILES string of the molecule is Cc1cc(NC(=O)c2ccc(C3=CCN(/C(=N/C(=O)OC(C)(C)C)NC(=O)OC(C)(C)C)CC3)c(C)c2)ccc1C1=CCN(/C(=N/C(=O)OC(C)(C)C)NC(=O)OC(C)(C)C)CC1. The highest BCUT2D eigenvalue weighted by molar-refractivity contribution is 6.05. The Labute approximate surface area is 371 Å². The van der Waals surface area contributed by atoms with E-state index in [0.717, 1.165) is 33.4 Å². The smallest absolute Gasteiger partial charge is 0.437 e. The van der Waals surface area contributed by atoms with Crippen LogP contribution < -0.4 is 16.0 Å². The van der Waals surface area contributed by atoms with E-state index in [-0.39, 0.29) is 17.8 Å². The second-order valence-corrected chi connectivity index (χ2v) is 19.4. The van der Waals surface area contributed by atoms with Crippen LogP contribution in [0.2, 0.25) is 0 Å². The molecule has 0 saturated carbocycles. The molecule has 0 atom stereocenters. The maximum atomic E-state index is 13.5. The lowest BCUT2D eigenvalue weighted by Crippen LogP contribution is -2.48. The number of amides is 5. The van der Waals surface area contributed by atoms with Crippen molar-refractivity contribution in [2.75, 3.05) is 31.5 Å². The molecule has 0 radical (unpaired) electrons. The number of ether oxygens (including phenoxy) is 4. The van der Waals surface area contributed by atoms with Crippen LogP contribution in [-0.2, 0) is 18.9 Å². The zero-order chi connectivity index (χ0) is 47.1. The molecule has 2 aliphatic rings. The maximum Gasteiger partial charge on any atom is 0.437 e. The van der Waals surface area contributed by atoms with Gasteiger partial charge in [-0.2, -0.15) is 0 Å². The van der Waals surface area contributed by atoms with E-state index in [0.29, 0.717) is 50.3 Å². The van der Waals surface area contributed by atoms with Crippen molar-refractivity contribution in [3.8, 4) is 0 Å². The molecule has 0 fully saturated rings. The summed E-state index contributed by atoms with van der Waals surface area (Å²) in [5, 5.41) is 8.27. The van der Waals surface area contributed by atoms with Crippen LogP contribution in [0.1, 0.15) is 129 Å². The van der Waals surface area contributed by atoms with Gasteiger partial charge in [-0.15, -0.1) is 9.98 Å². The quantitative estimate of drug-likeness (QED) is 0.151. The number of carbonyl (C=O) groups excluding carboxylic acids is 5. The molecule has 2 aliphatic heterocycles. The number of rotatable bonds is 4. The van der Waals surface area contributed by atoms with E-state index in [4.69, 9.17) is 18.9 Å². The molecule has 4 rings (SSSR count). The molecule has 16 nitrogen and oxygen atoms in total. The second-order valence-electron chi connectivity index (χ2n) is 19.4. The Balaban J connectivity index is 1.43. The van der Waals surface area contributed by atoms with Crippen LogP contribution in [0.25, 0.3) is 11.1 Å². The summed E-state index contributed by atoms with van der Waals surface area (Å²) in [4.78, 5) is 75.8. The van der Waals surface area contributed by atoms with Crippen LogP contribution in [0.5, 0.6) is 0 Å². The van der Waals surface area contributed by atoms with E-state index in [1.165, 1.54) is 0 Å². The van der Waals surface area contributed by atoms with E-state index in [9.17, 15) is 24.0 Å². The number of anilines is 1. The van der Waals surface area contributed by atoms with Crippen molar-refractivity contribution >= 4 is 59.0 Å². The lowest BCUT2D eigenvalue weighted by molar-refractivity contribution is 0.0536. The van der Waals surface area contributed by atoms with Crippen LogP contribution in [0, 0.1) is 13.8 Å². The van der Waals surface area contributed by atoms with Crippen LogP contribution in [0.15, 0.2) is 58.5 Å². The number of nitrogens with zero attached hydrogens (tertiary/aromatic N) is 4. The normalized spacial score (nSPS) is 15.4. The van der Waals surface area contributed by atoms with E-state index in [1.807, 2.05) is 56.3 Å². The monoisotopic (exact) mass is 871 g/mol. The van der Waals surface area contributed by atoms with Crippen molar-refractivity contribution in [2.45, 2.75) is 132 Å². The van der Waals surface area contributed by atoms with Gasteiger partial charge in [-0.1, -0.05) is 24.3 Å². The number of benzene rings is 2. The molecule has 342 valence electrons. The highest BCUT2D eigenvalue weighted by Crippen LogP contribution is 2.29. The van der Waals surface area contributed by atoms with E-state index >= 15 is 0 Å². The number of nitrogens with one attached hydrogen (secondary N) is 3. The van der Waals surface area contributed by atoms with Crippen molar-refractivity contribution in [1.29, 1.82) is 0 Å². The van der Waals surface area contributed by atoms with Crippen LogP contribution in [0.3, 0.4) is 0 Å². The van der Waals surface area contributed by atoms with Crippen LogP contribution in [0.4, 0.5) is 24.9 Å². The van der Waals surface area contributed by atoms with Crippen molar-refractivity contribution < 1.29 is 42.9 Å². The second kappa shape index (κ2) is 19.9. The standard InChI is InChI=1S/C47H65N7O9/c1-29-27-33(15-17-35(29)31-19-23-53(24-20-31)38(49-40(56)60-44(3,4)5)50-41(57)61-45(6,7)8)37(55)48-34-16-18-36(30(2)28-34)32-21-25-54(26-22-32)39(51-42(58)62-46(9,10)11)52-43(59)63-47(12,13)14/h15-19,21,27-28H,20,22-26H2,1-14H3,(H,48,55)(H,49,50,56,57)(H,51,52,58,59). The van der Waals surface area contributed by atoms with Crippen molar-refractivity contribution in [2.24, 2.45) is 9.98 Å². The molecule has 2 aromatic rings. The first-order chi connectivity index (χ1) is 29.0. The fraction of sp³-hybridized carbons (Fsp3) is 0.511. The minimum absolute atomic E-state index is 0.0355. The largest absolute Gasteiger partial charge is 0.444 e. The number of alkyl carbamates (subject to hydrolysis) is 2. The number of hydrogen-bond donors (Lipinski definition) is 3. The fourth-order valence-corrected chi connectivity index (χ4v) is 6.57. The van der Waals surface area contributed by atoms with Crippen molar-refractivity contribution in [1.82, 2.24) is 20.4 Å². The van der Waals surface area contributed by atoms with Gasteiger partial charge in [0.25, 0.3) is 5.91 Å². The molecule has 0 aliphatic carbocycles. The molecule has 0 saturated heterocycles. The molecule has 2 aromatic carbocycles. The van der Waals surface area contributed by atoms with Gasteiger partial charge >= 0.3 is 24.4 Å². The third-order valence-electron chi connectivity index (χ3n) is 9.09. The minimum atomic E-state index is -0.830. The summed E-state index contributed by atoms with van der Waals surface area (Å²) in [6.45, 7) is 26.5. The third kappa shape index (κ3) is 16.2. The van der Waals surface area contributed by atoms with E-state index in [1.54, 1.807) is 99.0 Å². The van der Waals surface area contributed by atoms with Gasteiger partial charge in [0.1, 0.15) is 22.4 Å². The molecular formula is C47H65N7O9. The van der Waals surface area contributed by atoms with Crippen molar-refractivity contribution in [3.05, 3.63) is 76.4 Å². The van der Waals surface area contributed by atoms with Gasteiger partial charge in [-0.05, 0) is 167 Å². The molecular weight excluding hydrogens is 807 g/mol. The average Bonchev–Trinajstić information content (AvgIpc) is 3.11. The lowest BCUT2D eigenvalue weighted by Gasteiger charge is -2.30. The van der Waals surface area contributed by atoms with Crippen LogP contribution >= 0.6 is 0 Å². The predicted octanol–water partition coefficient (Wildman–Crippen LogP) is 9.37. The Morgan fingerprint density at radius 3 is 1.30 bits per heavy atom. The molecule has 3 N–H and O–H groups in total. The molecule has 0 bridgehead atoms. The summed E-state index contributed by atoms with van der Waals surface area (Å²) in [6, 6.07) is 11.3. The van der Waals surface area contributed by atoms with Gasteiger partial charge in [0, 0.05) is 37.4 Å². The van der Waals surface area contributed by atoms with Crippen LogP contribution in [-0.4, -0.2) is 101 Å². The first-order valence-electron chi connectivity index (χ1n) is 21.1. The predicted molar refractivity (Wildman–Crippen MR) is 245 cm³/mol. The number of hydrogen-bond acceptors (Lipinski definition) is 9. The van der Waals surface area contributed by atoms with E-state index in [2.05, 4.69) is 25.9 Å². The molecule has 63 heavy (non-hydrogen) atoms. The third-order valence-corrected chi connectivity index (χ3v) is 9.09. The zero-order valence-corrected chi connectivity index (χ0v) is 39.3. The first-order valence-corrected chi connectivity index (χ1v) is 21.1. The van der Waals surface area contributed by atoms with Gasteiger partial charge in [-0.3, -0.25) is 15.4 Å². The topological polar surface area (TPSA) is 190 Å². The van der Waals surface area contributed by atoms with Gasteiger partial charge in [-0.25, -0.2) is 19.2 Å². The minimum Gasteiger partial charge on any atom is -0.444 e. The highest BCUT2D eigenvalue weighted by Gasteiger charge is 2.27. The van der Waals surface area contributed by atoms with Gasteiger partial charge in [0.2, 0.25) is 11.9 Å². The molecule has 2 heterocycles. The number of carbonyl (C=O) groups is 5. The molecule has 0 spiro atoms. The Morgan fingerprint density at radius 2 is 0.952 bits per heavy atom. The molecule has 0 unspecified atom stereocenters. The number of aliphatic imine (C=N–C) groups is 2. The fourth-order valence-electron chi connectivity index (χ4n) is 6.57. The molecule has 0 aromatic heterocycles. The summed E-state index contributed by atoms with van der Waals surface area (Å²) >= 11 is 0. The Hall–Kier alpha value is -6.19. The molecule has 5 amide bonds. The summed E-state index contributed by atoms with van der Waals surface area (Å²) < 4.78 is 21.6. The Bertz CT molecular complexity index is 2200. The van der Waals surface area contributed by atoms with Gasteiger partial charge in [0.15, 0.2) is 0 Å².